The van der Waals surface area contributed by atoms with Gasteiger partial charge in [0.15, 0.2) is 5.75 Å². The molecule has 0 saturated heterocycles. The van der Waals surface area contributed by atoms with Crippen molar-refractivity contribution in [2.75, 3.05) is 7.11 Å². The van der Waals surface area contributed by atoms with Crippen LogP contribution in [0.15, 0.2) is 18.2 Å². The summed E-state index contributed by atoms with van der Waals surface area (Å²) < 4.78 is 4.67. The summed E-state index contributed by atoms with van der Waals surface area (Å²) in [5, 5.41) is 31.7. The highest BCUT2D eigenvalue weighted by Gasteiger charge is 2.32. The second kappa shape index (κ2) is 4.95. The molecule has 1 rings (SSSR count). The highest BCUT2D eigenvalue weighted by Crippen LogP contribution is 2.30. The SMILES string of the molecule is COc1ccc([C-]([N+](=O)[O-])[N+](=O)[O-])cc1[N+](=O)[O-]. The average molecular weight is 256 g/mol. The van der Waals surface area contributed by atoms with E-state index in [0.717, 1.165) is 18.2 Å². The van der Waals surface area contributed by atoms with Gasteiger partial charge in [-0.3, -0.25) is 30.3 Å². The van der Waals surface area contributed by atoms with Crippen LogP contribution < -0.4 is 4.74 Å². The molecule has 10 heteroatoms. The van der Waals surface area contributed by atoms with E-state index in [0.29, 0.717) is 0 Å². The van der Waals surface area contributed by atoms with Crippen LogP contribution in [-0.4, -0.2) is 21.9 Å². The molecule has 0 unspecified atom stereocenters. The normalized spacial score (nSPS) is 9.61. The van der Waals surface area contributed by atoms with Crippen LogP contribution >= 0.6 is 0 Å². The molecule has 0 radical (unpaired) electrons. The van der Waals surface area contributed by atoms with Gasteiger partial charge in [-0.25, -0.2) is 0 Å². The molecule has 96 valence electrons. The Labute approximate surface area is 99.2 Å². The van der Waals surface area contributed by atoms with Crippen molar-refractivity contribution in [1.29, 1.82) is 0 Å². The molecular formula is C8H6N3O7-. The second-order valence-electron chi connectivity index (χ2n) is 2.98. The summed E-state index contributed by atoms with van der Waals surface area (Å²) in [6, 6.07) is 2.78. The summed E-state index contributed by atoms with van der Waals surface area (Å²) in [4.78, 5) is 28.4. The number of nitrogens with zero attached hydrogens (tertiary/aromatic N) is 3. The number of benzene rings is 1. The highest BCUT2D eigenvalue weighted by atomic mass is 16.7. The summed E-state index contributed by atoms with van der Waals surface area (Å²) in [5.74, 6) is -0.144. The zero-order valence-electron chi connectivity index (χ0n) is 8.93. The number of hydrogen-bond acceptors (Lipinski definition) is 7. The molecule has 1 aromatic carbocycles. The minimum Gasteiger partial charge on any atom is -0.492 e. The van der Waals surface area contributed by atoms with E-state index in [-0.39, 0.29) is 5.75 Å². The van der Waals surface area contributed by atoms with Crippen LogP contribution in [0, 0.1) is 36.5 Å². The molecule has 0 atom stereocenters. The van der Waals surface area contributed by atoms with Gasteiger partial charge in [-0.15, -0.1) is 6.07 Å². The van der Waals surface area contributed by atoms with Crippen LogP contribution in [0.4, 0.5) is 5.69 Å². The van der Waals surface area contributed by atoms with Crippen LogP contribution in [0.1, 0.15) is 5.56 Å². The zero-order chi connectivity index (χ0) is 13.9. The lowest BCUT2D eigenvalue weighted by atomic mass is 10.1. The van der Waals surface area contributed by atoms with E-state index in [4.69, 9.17) is 0 Å². The summed E-state index contributed by atoms with van der Waals surface area (Å²) >= 11 is 0. The lowest BCUT2D eigenvalue weighted by molar-refractivity contribution is -0.660. The standard InChI is InChI=1S/C8H6N3O7/c1-18-7-3-2-5(4-6(7)9(12)13)8(10(14)15)11(16)17/h2-4H,1H3/q-1. The van der Waals surface area contributed by atoms with Crippen LogP contribution in [-0.2, 0) is 0 Å². The molecule has 0 amide bonds. The van der Waals surface area contributed by atoms with Gasteiger partial charge in [-0.05, 0) is 5.56 Å². The lowest BCUT2D eigenvalue weighted by Crippen LogP contribution is -2.20. The Morgan fingerprint density at radius 3 is 2.06 bits per heavy atom. The summed E-state index contributed by atoms with van der Waals surface area (Å²) in [5.41, 5.74) is -1.06. The van der Waals surface area contributed by atoms with Crippen molar-refractivity contribution in [1.82, 2.24) is 0 Å². The Kier molecular flexibility index (Phi) is 3.62. The van der Waals surface area contributed by atoms with E-state index in [1.807, 2.05) is 0 Å². The van der Waals surface area contributed by atoms with Crippen molar-refractivity contribution in [3.05, 3.63) is 60.3 Å². The first-order valence-electron chi connectivity index (χ1n) is 4.37. The Balaban J connectivity index is 3.34. The third kappa shape index (κ3) is 2.42. The smallest absolute Gasteiger partial charge is 0.459 e. The van der Waals surface area contributed by atoms with Gasteiger partial charge in [-0.2, -0.15) is 0 Å². The van der Waals surface area contributed by atoms with Crippen molar-refractivity contribution in [3.8, 4) is 5.75 Å². The van der Waals surface area contributed by atoms with Gasteiger partial charge in [-0.1, -0.05) is 12.1 Å². The number of nitro groups is 3. The first kappa shape index (κ1) is 13.2. The van der Waals surface area contributed by atoms with Gasteiger partial charge in [0.05, 0.1) is 21.9 Å². The van der Waals surface area contributed by atoms with E-state index in [9.17, 15) is 30.3 Å². The first-order valence-corrected chi connectivity index (χ1v) is 4.37. The van der Waals surface area contributed by atoms with Gasteiger partial charge in [0.1, 0.15) is 0 Å². The Morgan fingerprint density at radius 2 is 1.67 bits per heavy atom. The van der Waals surface area contributed by atoms with E-state index in [1.54, 1.807) is 0 Å². The van der Waals surface area contributed by atoms with Crippen LogP contribution in [0.25, 0.3) is 0 Å². The first-order chi connectivity index (χ1) is 8.38. The molecule has 18 heavy (non-hydrogen) atoms. The Bertz CT molecular complexity index is 501. The van der Waals surface area contributed by atoms with E-state index in [1.165, 1.54) is 7.11 Å². The van der Waals surface area contributed by atoms with Gasteiger partial charge in [0.2, 0.25) is 0 Å². The maximum atomic E-state index is 10.7. The van der Waals surface area contributed by atoms with Crippen LogP contribution in [0.5, 0.6) is 5.75 Å². The van der Waals surface area contributed by atoms with Crippen molar-refractivity contribution in [3.63, 3.8) is 0 Å². The molecule has 0 aromatic heterocycles. The maximum absolute atomic E-state index is 10.7. The number of ether oxygens (including phenoxy) is 1. The maximum Gasteiger partial charge on any atom is 0.459 e. The van der Waals surface area contributed by atoms with Crippen LogP contribution in [0.2, 0.25) is 0 Å². The molecular weight excluding hydrogens is 250 g/mol. The summed E-state index contributed by atoms with van der Waals surface area (Å²) in [6.07, 6.45) is -1.33. The molecule has 0 spiro atoms. The molecule has 0 aliphatic heterocycles. The third-order valence-electron chi connectivity index (χ3n) is 1.98. The second-order valence-corrected chi connectivity index (χ2v) is 2.98. The van der Waals surface area contributed by atoms with Crippen molar-refractivity contribution < 1.29 is 19.5 Å². The van der Waals surface area contributed by atoms with Crippen molar-refractivity contribution in [2.24, 2.45) is 0 Å². The topological polar surface area (TPSA) is 139 Å². The average Bonchev–Trinajstić information content (AvgIpc) is 2.27. The minimum absolute atomic E-state index is 0.144. The van der Waals surface area contributed by atoms with Crippen LogP contribution in [0.3, 0.4) is 0 Å². The molecule has 1 aromatic rings. The molecule has 0 aliphatic rings. The van der Waals surface area contributed by atoms with Gasteiger partial charge in [0, 0.05) is 0 Å². The highest BCUT2D eigenvalue weighted by molar-refractivity contribution is 5.50. The van der Waals surface area contributed by atoms with Gasteiger partial charge < -0.3 is 4.74 Å². The van der Waals surface area contributed by atoms with E-state index >= 15 is 0 Å². The fraction of sp³-hybridized carbons (Fsp3) is 0.125. The number of hydrogen-bond donors (Lipinski definition) is 0. The fourth-order valence-corrected chi connectivity index (χ4v) is 1.25. The molecule has 10 nitrogen and oxygen atoms in total. The molecule has 0 bridgehead atoms. The number of rotatable bonds is 5. The minimum atomic E-state index is -1.33. The molecule has 0 saturated carbocycles. The third-order valence-corrected chi connectivity index (χ3v) is 1.98. The molecule has 0 fully saturated rings. The largest absolute Gasteiger partial charge is 0.492 e. The fourth-order valence-electron chi connectivity index (χ4n) is 1.25. The quantitative estimate of drug-likeness (QED) is 0.434. The monoisotopic (exact) mass is 256 g/mol. The lowest BCUT2D eigenvalue weighted by Gasteiger charge is -2.09. The predicted molar refractivity (Wildman–Crippen MR) is 56.0 cm³/mol. The van der Waals surface area contributed by atoms with Gasteiger partial charge >= 0.3 is 6.17 Å². The summed E-state index contributed by atoms with van der Waals surface area (Å²) in [7, 11) is 1.17. The van der Waals surface area contributed by atoms with Crippen molar-refractivity contribution >= 4 is 5.69 Å². The van der Waals surface area contributed by atoms with E-state index < -0.39 is 32.2 Å². The molecule has 0 heterocycles. The zero-order valence-corrected chi connectivity index (χ0v) is 8.93. The predicted octanol–water partition coefficient (Wildman–Crippen LogP) is 0.994. The Hall–Kier alpha value is -2.91. The van der Waals surface area contributed by atoms with Gasteiger partial charge in [0.25, 0.3) is 5.69 Å². The Morgan fingerprint density at radius 1 is 1.11 bits per heavy atom. The molecule has 0 N–H and O–H groups in total. The summed E-state index contributed by atoms with van der Waals surface area (Å²) in [6.45, 7) is 0. The number of methoxy groups -OCH3 is 1. The molecule has 0 aliphatic carbocycles. The number of nitro benzene ring substituents is 1. The van der Waals surface area contributed by atoms with Crippen molar-refractivity contribution in [2.45, 2.75) is 0 Å². The van der Waals surface area contributed by atoms with E-state index in [2.05, 4.69) is 4.74 Å².